The summed E-state index contributed by atoms with van der Waals surface area (Å²) in [6.07, 6.45) is 31.5. The lowest BCUT2D eigenvalue weighted by Crippen LogP contribution is -2.15. The maximum atomic E-state index is 10.0. The van der Waals surface area contributed by atoms with Crippen molar-refractivity contribution in [2.45, 2.75) is 297 Å². The summed E-state index contributed by atoms with van der Waals surface area (Å²) >= 11 is 0. The quantitative estimate of drug-likeness (QED) is 0.0257. The molecule has 0 aromatic rings. The molecule has 0 aliphatic carbocycles. The number of rotatable bonds is 44. The van der Waals surface area contributed by atoms with Crippen molar-refractivity contribution in [1.82, 2.24) is 0 Å². The molecule has 0 aliphatic rings. The Morgan fingerprint density at radius 1 is 0.202 bits per heavy atom. The Labute approximate surface area is 505 Å². The molecule has 0 fully saturated rings. The van der Waals surface area contributed by atoms with Crippen LogP contribution in [-0.2, 0) is 28.8 Å². The third-order valence-electron chi connectivity index (χ3n) is 10.7. The van der Waals surface area contributed by atoms with Crippen LogP contribution in [0.2, 0.25) is 0 Å². The van der Waals surface area contributed by atoms with Crippen molar-refractivity contribution < 1.29 is 121 Å². The molecule has 512 valence electrons. The van der Waals surface area contributed by atoms with Crippen molar-refractivity contribution in [3.8, 4) is 0 Å². The molecule has 24 heteroatoms. The molecule has 84 heavy (non-hydrogen) atoms. The molecule has 0 spiro atoms. The van der Waals surface area contributed by atoms with E-state index in [1.165, 1.54) is 116 Å². The number of carboxylic acids is 6. The molecule has 0 aromatic carbocycles. The van der Waals surface area contributed by atoms with Gasteiger partial charge in [-0.15, -0.1) is 0 Å². The second-order valence-electron chi connectivity index (χ2n) is 19.4. The summed E-state index contributed by atoms with van der Waals surface area (Å²) in [5, 5.41) is 146. The molecule has 0 amide bonds. The van der Waals surface area contributed by atoms with Gasteiger partial charge in [0.1, 0.15) is 24.4 Å². The third-order valence-corrected chi connectivity index (χ3v) is 10.7. The molecule has 0 aromatic heterocycles. The van der Waals surface area contributed by atoms with Crippen LogP contribution >= 0.6 is 0 Å². The summed E-state index contributed by atoms with van der Waals surface area (Å²) in [4.78, 5) is 60.2. The lowest BCUT2D eigenvalue weighted by Gasteiger charge is -1.96. The van der Waals surface area contributed by atoms with E-state index in [2.05, 4.69) is 41.5 Å². The number of carbonyl (C=O) groups is 6. The Bertz CT molecular complexity index is 1010. The van der Waals surface area contributed by atoms with E-state index in [9.17, 15) is 28.8 Å². The van der Waals surface area contributed by atoms with E-state index in [4.69, 9.17) is 91.9 Å². The van der Waals surface area contributed by atoms with Gasteiger partial charge in [0, 0.05) is 38.5 Å². The summed E-state index contributed by atoms with van der Waals surface area (Å²) < 4.78 is 0. The molecular weight excluding hydrogens is 1100 g/mol. The van der Waals surface area contributed by atoms with E-state index in [-0.39, 0.29) is 52.9 Å². The molecule has 24 nitrogen and oxygen atoms in total. The first kappa shape index (κ1) is 102. The minimum atomic E-state index is -0.954. The van der Waals surface area contributed by atoms with E-state index in [1.54, 1.807) is 0 Å². The van der Waals surface area contributed by atoms with Crippen LogP contribution < -0.4 is 0 Å². The Kier molecular flexibility index (Phi) is 120. The minimum absolute atomic E-state index is 0.337. The normalized spacial score (nSPS) is 9.79. The van der Waals surface area contributed by atoms with Gasteiger partial charge in [0.05, 0.1) is 52.9 Å². The predicted molar refractivity (Wildman–Crippen MR) is 327 cm³/mol. The lowest BCUT2D eigenvalue weighted by molar-refractivity contribution is -0.138. The number of hydrogen-bond acceptors (Lipinski definition) is 18. The molecule has 0 radical (unpaired) electrons. The summed E-state index contributed by atoms with van der Waals surface area (Å²) in [5.41, 5.74) is 0. The van der Waals surface area contributed by atoms with Gasteiger partial charge in [-0.1, -0.05) is 196 Å². The highest BCUT2D eigenvalue weighted by Crippen LogP contribution is 2.08. The molecule has 0 saturated heterocycles. The van der Waals surface area contributed by atoms with Crippen LogP contribution in [0.15, 0.2) is 0 Å². The largest absolute Gasteiger partial charge is 0.481 e. The second-order valence-corrected chi connectivity index (χ2v) is 19.4. The van der Waals surface area contributed by atoms with Crippen LogP contribution in [0.25, 0.3) is 0 Å². The van der Waals surface area contributed by atoms with Gasteiger partial charge in [-0.05, 0) is 38.5 Å². The maximum Gasteiger partial charge on any atom is 0.303 e. The summed E-state index contributed by atoms with van der Waals surface area (Å²) in [7, 11) is 0. The average Bonchev–Trinajstić information content (AvgIpc) is 3.47. The second kappa shape index (κ2) is 98.4. The van der Waals surface area contributed by atoms with E-state index in [1.807, 2.05) is 0 Å². The van der Waals surface area contributed by atoms with Crippen molar-refractivity contribution in [3.05, 3.63) is 0 Å². The minimum Gasteiger partial charge on any atom is -0.481 e. The highest BCUT2D eigenvalue weighted by molar-refractivity contribution is 5.68. The summed E-state index contributed by atoms with van der Waals surface area (Å²) in [5.74, 6) is -4.02. The number of carboxylic acid groups (broad SMARTS) is 6. The number of aliphatic carboxylic acids is 6. The summed E-state index contributed by atoms with van der Waals surface area (Å²) in [6.45, 7) is 9.98. The molecule has 0 rings (SSSR count). The topological polar surface area (TPSA) is 467 Å². The predicted octanol–water partition coefficient (Wildman–Crippen LogP) is 7.92. The van der Waals surface area contributed by atoms with Crippen LogP contribution in [0.4, 0.5) is 0 Å². The zero-order valence-electron chi connectivity index (χ0n) is 52.9. The fourth-order valence-corrected chi connectivity index (χ4v) is 5.51. The van der Waals surface area contributed by atoms with Crippen molar-refractivity contribution in [1.29, 1.82) is 0 Å². The smallest absolute Gasteiger partial charge is 0.303 e. The standard InChI is InChI=1S/6C8H16O2.4C3H8O3/c6*1-2-3-4-5-6-7-8(9)10;4*4-1-3(6)2-5/h6*2-7H2,1H3,(H,9,10);4*3-6H,1-2H2. The van der Waals surface area contributed by atoms with E-state index < -0.39 is 60.2 Å². The molecule has 0 atom stereocenters. The number of aliphatic hydroxyl groups is 12. The van der Waals surface area contributed by atoms with Crippen molar-refractivity contribution in [2.75, 3.05) is 52.9 Å². The Morgan fingerprint density at radius 2 is 0.298 bits per heavy atom. The van der Waals surface area contributed by atoms with Crippen molar-refractivity contribution in [2.24, 2.45) is 0 Å². The van der Waals surface area contributed by atoms with E-state index >= 15 is 0 Å². The maximum absolute atomic E-state index is 10.0. The molecular formula is C60H128O24. The van der Waals surface area contributed by atoms with E-state index in [0.29, 0.717) is 38.5 Å². The first-order valence-electron chi connectivity index (χ1n) is 30.8. The highest BCUT2D eigenvalue weighted by Gasteiger charge is 2.00. The lowest BCUT2D eigenvalue weighted by atomic mass is 10.1. The zero-order valence-corrected chi connectivity index (χ0v) is 52.9. The Hall–Kier alpha value is -3.66. The first-order valence-corrected chi connectivity index (χ1v) is 30.8. The molecule has 18 N–H and O–H groups in total. The highest BCUT2D eigenvalue weighted by atomic mass is 16.4. The Balaban J connectivity index is -0.0000000912. The van der Waals surface area contributed by atoms with Gasteiger partial charge in [0.15, 0.2) is 0 Å². The molecule has 0 unspecified atom stereocenters. The van der Waals surface area contributed by atoms with Gasteiger partial charge in [-0.25, -0.2) is 0 Å². The van der Waals surface area contributed by atoms with Gasteiger partial charge >= 0.3 is 35.8 Å². The fourth-order valence-electron chi connectivity index (χ4n) is 5.51. The van der Waals surface area contributed by atoms with Crippen molar-refractivity contribution in [3.63, 3.8) is 0 Å². The monoisotopic (exact) mass is 1230 g/mol. The zero-order chi connectivity index (χ0) is 66.9. The van der Waals surface area contributed by atoms with Crippen LogP contribution in [0.5, 0.6) is 0 Å². The molecule has 0 saturated carbocycles. The summed E-state index contributed by atoms with van der Waals surface area (Å²) in [6, 6.07) is 0. The molecule has 0 aliphatic heterocycles. The van der Waals surface area contributed by atoms with Crippen molar-refractivity contribution >= 4 is 35.8 Å². The van der Waals surface area contributed by atoms with Gasteiger partial charge < -0.3 is 91.9 Å². The fraction of sp³-hybridized carbons (Fsp3) is 0.900. The van der Waals surface area contributed by atoms with Crippen LogP contribution in [-0.4, -0.2) is 205 Å². The molecule has 0 heterocycles. The van der Waals surface area contributed by atoms with Gasteiger partial charge in [0.25, 0.3) is 0 Å². The van der Waals surface area contributed by atoms with Crippen LogP contribution in [0.1, 0.15) is 273 Å². The van der Waals surface area contributed by atoms with Gasteiger partial charge in [-0.2, -0.15) is 0 Å². The number of hydrogen-bond donors (Lipinski definition) is 18. The molecule has 0 bridgehead atoms. The van der Waals surface area contributed by atoms with Gasteiger partial charge in [0.2, 0.25) is 0 Å². The van der Waals surface area contributed by atoms with Gasteiger partial charge in [-0.3, -0.25) is 28.8 Å². The van der Waals surface area contributed by atoms with Crippen LogP contribution in [0.3, 0.4) is 0 Å². The SMILES string of the molecule is CCCCCCCC(=O)O.CCCCCCCC(=O)O.CCCCCCCC(=O)O.CCCCCCCC(=O)O.CCCCCCCC(=O)O.CCCCCCCC(=O)O.OCC(O)CO.OCC(O)CO.OCC(O)CO.OCC(O)CO. The van der Waals surface area contributed by atoms with E-state index in [0.717, 1.165) is 77.0 Å². The number of aliphatic hydroxyl groups excluding tert-OH is 12. The number of unbranched alkanes of at least 4 members (excludes halogenated alkanes) is 24. The average molecular weight is 1230 g/mol. The van der Waals surface area contributed by atoms with Crippen LogP contribution in [0, 0.1) is 0 Å². The first-order chi connectivity index (χ1) is 39.9. The Morgan fingerprint density at radius 3 is 0.357 bits per heavy atom. The third kappa shape index (κ3) is 159.